The highest BCUT2D eigenvalue weighted by molar-refractivity contribution is 7.99. The molecule has 1 aliphatic rings. The molecule has 1 N–H and O–H groups in total. The molecule has 0 aliphatic carbocycles. The van der Waals surface area contributed by atoms with Gasteiger partial charge in [0.2, 0.25) is 15.2 Å². The fourth-order valence-electron chi connectivity index (χ4n) is 2.62. The van der Waals surface area contributed by atoms with E-state index in [1.807, 2.05) is 6.07 Å². The summed E-state index contributed by atoms with van der Waals surface area (Å²) in [6.45, 7) is 1.69. The van der Waals surface area contributed by atoms with Crippen molar-refractivity contribution >= 4 is 38.9 Å². The van der Waals surface area contributed by atoms with Crippen molar-refractivity contribution in [1.29, 1.82) is 0 Å². The zero-order valence-electron chi connectivity index (χ0n) is 14.8. The van der Waals surface area contributed by atoms with Gasteiger partial charge in [0, 0.05) is 18.0 Å². The predicted octanol–water partition coefficient (Wildman–Crippen LogP) is 0.980. The molecule has 2 aromatic rings. The molecule has 2 aromatic heterocycles. The Morgan fingerprint density at radius 2 is 2.33 bits per heavy atom. The van der Waals surface area contributed by atoms with Crippen LogP contribution in [0.25, 0.3) is 0 Å². The SMILES string of the molecule is CS(=O)(=O)NCCc1ccc(C(=O)CSc2nnnn2C[C@@H]2CCCO2)s1. The number of hydrogen-bond donors (Lipinski definition) is 1. The van der Waals surface area contributed by atoms with Crippen LogP contribution in [0, 0.1) is 0 Å². The van der Waals surface area contributed by atoms with Gasteiger partial charge in [0.25, 0.3) is 0 Å². The van der Waals surface area contributed by atoms with Crippen LogP contribution in [0.3, 0.4) is 0 Å². The average Bonchev–Trinajstić information content (AvgIpc) is 3.34. The van der Waals surface area contributed by atoms with Crippen LogP contribution < -0.4 is 4.72 Å². The number of tetrazole rings is 1. The van der Waals surface area contributed by atoms with E-state index in [2.05, 4.69) is 20.2 Å². The Balaban J connectivity index is 1.49. The maximum atomic E-state index is 12.4. The van der Waals surface area contributed by atoms with E-state index in [4.69, 9.17) is 4.74 Å². The Morgan fingerprint density at radius 1 is 1.48 bits per heavy atom. The van der Waals surface area contributed by atoms with Crippen molar-refractivity contribution in [2.24, 2.45) is 0 Å². The second kappa shape index (κ2) is 9.24. The van der Waals surface area contributed by atoms with Crippen molar-refractivity contribution in [3.8, 4) is 0 Å². The largest absolute Gasteiger partial charge is 0.376 e. The number of thiophene rings is 1. The number of carbonyl (C=O) groups excluding carboxylic acids is 1. The molecular weight excluding hydrogens is 410 g/mol. The lowest BCUT2D eigenvalue weighted by Gasteiger charge is -2.09. The Kier molecular flexibility index (Phi) is 6.98. The molecule has 27 heavy (non-hydrogen) atoms. The zero-order chi connectivity index (χ0) is 19.3. The molecule has 148 valence electrons. The summed E-state index contributed by atoms with van der Waals surface area (Å²) in [5, 5.41) is 12.3. The summed E-state index contributed by atoms with van der Waals surface area (Å²) in [5.74, 6) is 0.243. The second-order valence-corrected chi connectivity index (χ2v) is 10.1. The van der Waals surface area contributed by atoms with Crippen LogP contribution in [0.2, 0.25) is 0 Å². The first kappa shape index (κ1) is 20.4. The van der Waals surface area contributed by atoms with E-state index >= 15 is 0 Å². The lowest BCUT2D eigenvalue weighted by atomic mass is 10.2. The molecule has 0 radical (unpaired) electrons. The summed E-state index contributed by atoms with van der Waals surface area (Å²) >= 11 is 2.69. The topological polar surface area (TPSA) is 116 Å². The molecule has 9 nitrogen and oxygen atoms in total. The van der Waals surface area contributed by atoms with E-state index in [1.54, 1.807) is 10.7 Å². The average molecular weight is 432 g/mol. The highest BCUT2D eigenvalue weighted by atomic mass is 32.2. The predicted molar refractivity (Wildman–Crippen MR) is 103 cm³/mol. The van der Waals surface area contributed by atoms with Crippen molar-refractivity contribution in [3.63, 3.8) is 0 Å². The van der Waals surface area contributed by atoms with Crippen LogP contribution in [0.1, 0.15) is 27.4 Å². The third-order valence-electron chi connectivity index (χ3n) is 3.90. The van der Waals surface area contributed by atoms with Gasteiger partial charge in [0.1, 0.15) is 0 Å². The number of ether oxygens (including phenoxy) is 1. The standard InChI is InChI=1S/C15H21N5O4S3/c1-27(22,23)16-7-6-12-4-5-14(26-12)13(21)10-25-15-17-18-19-20(15)9-11-3-2-8-24-11/h4-5,11,16H,2-3,6-10H2,1H3/t11-/m0/s1. The number of hydrogen-bond acceptors (Lipinski definition) is 9. The van der Waals surface area contributed by atoms with Gasteiger partial charge in [-0.3, -0.25) is 4.79 Å². The molecule has 1 atom stereocenters. The maximum absolute atomic E-state index is 12.4. The van der Waals surface area contributed by atoms with Crippen LogP contribution in [0.15, 0.2) is 17.3 Å². The molecule has 0 aromatic carbocycles. The van der Waals surface area contributed by atoms with Gasteiger partial charge in [-0.15, -0.1) is 16.4 Å². The minimum atomic E-state index is -3.20. The van der Waals surface area contributed by atoms with Crippen molar-refractivity contribution in [1.82, 2.24) is 24.9 Å². The highest BCUT2D eigenvalue weighted by Crippen LogP contribution is 2.22. The molecule has 3 rings (SSSR count). The van der Waals surface area contributed by atoms with Gasteiger partial charge in [-0.2, -0.15) is 0 Å². The normalized spacial score (nSPS) is 17.4. The van der Waals surface area contributed by atoms with E-state index < -0.39 is 10.0 Å². The number of thioether (sulfide) groups is 1. The van der Waals surface area contributed by atoms with E-state index in [-0.39, 0.29) is 17.6 Å². The molecule has 0 saturated carbocycles. The first-order valence-corrected chi connectivity index (χ1v) is 12.2. The second-order valence-electron chi connectivity index (χ2n) is 6.17. The number of ketones is 1. The Hall–Kier alpha value is -1.34. The number of sulfonamides is 1. The van der Waals surface area contributed by atoms with E-state index in [9.17, 15) is 13.2 Å². The third kappa shape index (κ3) is 6.35. The van der Waals surface area contributed by atoms with Crippen LogP contribution in [-0.4, -0.2) is 65.7 Å². The molecule has 1 aliphatic heterocycles. The minimum absolute atomic E-state index is 0.000936. The minimum Gasteiger partial charge on any atom is -0.376 e. The van der Waals surface area contributed by atoms with Crippen molar-refractivity contribution in [3.05, 3.63) is 21.9 Å². The lowest BCUT2D eigenvalue weighted by Crippen LogP contribution is -2.23. The van der Waals surface area contributed by atoms with Gasteiger partial charge in [0.05, 0.1) is 29.5 Å². The summed E-state index contributed by atoms with van der Waals surface area (Å²) < 4.78 is 31.9. The van der Waals surface area contributed by atoms with E-state index in [0.717, 1.165) is 30.6 Å². The Bertz CT molecular complexity index is 874. The molecule has 0 bridgehead atoms. The summed E-state index contributed by atoms with van der Waals surface area (Å²) in [6, 6.07) is 3.63. The molecule has 0 unspecified atom stereocenters. The zero-order valence-corrected chi connectivity index (χ0v) is 17.3. The quantitative estimate of drug-likeness (QED) is 0.437. The van der Waals surface area contributed by atoms with Gasteiger partial charge in [0.15, 0.2) is 5.78 Å². The summed E-state index contributed by atoms with van der Waals surface area (Å²) in [4.78, 5) is 14.0. The Labute approximate surface area is 165 Å². The van der Waals surface area contributed by atoms with Crippen LogP contribution >= 0.6 is 23.1 Å². The van der Waals surface area contributed by atoms with Crippen molar-refractivity contribution < 1.29 is 17.9 Å². The fourth-order valence-corrected chi connectivity index (χ4v) is 4.90. The molecule has 12 heteroatoms. The molecule has 1 fully saturated rings. The smallest absolute Gasteiger partial charge is 0.209 e. The van der Waals surface area contributed by atoms with Gasteiger partial charge in [-0.1, -0.05) is 11.8 Å². The maximum Gasteiger partial charge on any atom is 0.209 e. The van der Waals surface area contributed by atoms with Gasteiger partial charge >= 0.3 is 0 Å². The summed E-state index contributed by atoms with van der Waals surface area (Å²) in [7, 11) is -3.20. The highest BCUT2D eigenvalue weighted by Gasteiger charge is 2.20. The van der Waals surface area contributed by atoms with E-state index in [1.165, 1.54) is 23.1 Å². The van der Waals surface area contributed by atoms with Gasteiger partial charge in [-0.25, -0.2) is 17.8 Å². The van der Waals surface area contributed by atoms with Crippen LogP contribution in [0.5, 0.6) is 0 Å². The fraction of sp³-hybridized carbons (Fsp3) is 0.600. The van der Waals surface area contributed by atoms with Crippen LogP contribution in [0.4, 0.5) is 0 Å². The lowest BCUT2D eigenvalue weighted by molar-refractivity contribution is 0.0912. The number of nitrogens with zero attached hydrogens (tertiary/aromatic N) is 4. The first-order chi connectivity index (χ1) is 12.9. The molecule has 0 spiro atoms. The molecule has 1 saturated heterocycles. The van der Waals surface area contributed by atoms with E-state index in [0.29, 0.717) is 29.5 Å². The summed E-state index contributed by atoms with van der Waals surface area (Å²) in [6.07, 6.45) is 3.85. The summed E-state index contributed by atoms with van der Waals surface area (Å²) in [5.41, 5.74) is 0. The van der Waals surface area contributed by atoms with Gasteiger partial charge < -0.3 is 4.74 Å². The first-order valence-electron chi connectivity index (χ1n) is 8.48. The number of nitrogens with one attached hydrogen (secondary N) is 1. The number of Topliss-reactive ketones (excluding diaryl/α,β-unsaturated/α-hetero) is 1. The third-order valence-corrected chi connectivity index (χ3v) is 6.78. The van der Waals surface area contributed by atoms with Gasteiger partial charge in [-0.05, 0) is 41.8 Å². The van der Waals surface area contributed by atoms with Crippen molar-refractivity contribution in [2.75, 3.05) is 25.2 Å². The monoisotopic (exact) mass is 431 g/mol. The molecule has 0 amide bonds. The Morgan fingerprint density at radius 3 is 3.07 bits per heavy atom. The molecular formula is C15H21N5O4S3. The van der Waals surface area contributed by atoms with Crippen LogP contribution in [-0.2, 0) is 27.7 Å². The number of rotatable bonds is 10. The number of aromatic nitrogens is 4. The molecule has 3 heterocycles. The van der Waals surface area contributed by atoms with Crippen molar-refractivity contribution in [2.45, 2.75) is 37.1 Å². The number of carbonyl (C=O) groups is 1.